The van der Waals surface area contributed by atoms with Crippen molar-refractivity contribution >= 4 is 41.0 Å². The number of piperazine rings is 1. The van der Waals surface area contributed by atoms with Crippen LogP contribution in [0, 0.1) is 18.3 Å². The van der Waals surface area contributed by atoms with Crippen molar-refractivity contribution in [3.63, 3.8) is 0 Å². The highest BCUT2D eigenvalue weighted by molar-refractivity contribution is 6.32. The van der Waals surface area contributed by atoms with Crippen LogP contribution in [-0.4, -0.2) is 67.1 Å². The quantitative estimate of drug-likeness (QED) is 0.434. The number of nitriles is 1. The molecule has 8 nitrogen and oxygen atoms in total. The minimum absolute atomic E-state index is 0.00437. The number of benzene rings is 1. The lowest BCUT2D eigenvalue weighted by Gasteiger charge is -2.36. The Kier molecular flexibility index (Phi) is 10.9. The number of anilines is 1. The summed E-state index contributed by atoms with van der Waals surface area (Å²) in [5.74, 6) is 0.642. The predicted octanol–water partition coefficient (Wildman–Crippen LogP) is 4.18. The van der Waals surface area contributed by atoms with E-state index in [0.717, 1.165) is 24.5 Å². The first-order valence-corrected chi connectivity index (χ1v) is 11.6. The van der Waals surface area contributed by atoms with Crippen molar-refractivity contribution in [2.75, 3.05) is 45.2 Å². The maximum absolute atomic E-state index is 12.8. The van der Waals surface area contributed by atoms with Crippen molar-refractivity contribution < 1.29 is 9.53 Å². The van der Waals surface area contributed by atoms with Crippen LogP contribution in [0.3, 0.4) is 0 Å². The Morgan fingerprint density at radius 1 is 1.29 bits per heavy atom. The van der Waals surface area contributed by atoms with Gasteiger partial charge in [0.2, 0.25) is 5.91 Å². The highest BCUT2D eigenvalue weighted by atomic mass is 35.5. The maximum Gasteiger partial charge on any atom is 0.244 e. The minimum Gasteiger partial charge on any atom is -0.495 e. The zero-order valence-corrected chi connectivity index (χ0v) is 21.5. The molecule has 2 heterocycles. The normalized spacial score (nSPS) is 13.7. The van der Waals surface area contributed by atoms with Crippen LogP contribution in [0.5, 0.6) is 5.75 Å². The number of ether oxygens (including phenoxy) is 1. The molecule has 1 amide bonds. The Morgan fingerprint density at radius 2 is 1.97 bits per heavy atom. The number of methoxy groups -OCH3 is 1. The molecule has 0 bridgehead atoms. The lowest BCUT2D eigenvalue weighted by atomic mass is 10.2. The van der Waals surface area contributed by atoms with Crippen molar-refractivity contribution in [1.29, 1.82) is 5.26 Å². The summed E-state index contributed by atoms with van der Waals surface area (Å²) in [5, 5.41) is 14.2. The topological polar surface area (TPSA) is 86.8 Å². The number of nitrogens with zero attached hydrogens (tertiary/aromatic N) is 6. The molecule has 0 aliphatic carbocycles. The Morgan fingerprint density at radius 3 is 2.56 bits per heavy atom. The van der Waals surface area contributed by atoms with E-state index in [1.54, 1.807) is 31.1 Å². The molecule has 0 unspecified atom stereocenters. The third kappa shape index (κ3) is 7.24. The van der Waals surface area contributed by atoms with Gasteiger partial charge in [0, 0.05) is 57.5 Å². The fraction of sp³-hybridized carbons (Fsp3) is 0.417. The van der Waals surface area contributed by atoms with Crippen LogP contribution in [0.1, 0.15) is 18.3 Å². The summed E-state index contributed by atoms with van der Waals surface area (Å²) in [6.07, 6.45) is 5.30. The van der Waals surface area contributed by atoms with Crippen LogP contribution >= 0.6 is 23.2 Å². The Bertz CT molecular complexity index is 1060. The molecule has 1 fully saturated rings. The van der Waals surface area contributed by atoms with E-state index in [9.17, 15) is 4.79 Å². The zero-order chi connectivity index (χ0) is 25.1. The fourth-order valence-electron chi connectivity index (χ4n) is 3.38. The van der Waals surface area contributed by atoms with Gasteiger partial charge in [0.15, 0.2) is 0 Å². The van der Waals surface area contributed by atoms with Gasteiger partial charge < -0.3 is 19.5 Å². The molecule has 1 aliphatic rings. The van der Waals surface area contributed by atoms with Gasteiger partial charge >= 0.3 is 0 Å². The summed E-state index contributed by atoms with van der Waals surface area (Å²) in [7, 11) is 3.34. The van der Waals surface area contributed by atoms with Crippen molar-refractivity contribution in [1.82, 2.24) is 14.7 Å². The zero-order valence-electron chi connectivity index (χ0n) is 20.0. The van der Waals surface area contributed by atoms with Crippen LogP contribution in [0.15, 0.2) is 35.3 Å². The highest BCUT2D eigenvalue weighted by Crippen LogP contribution is 2.30. The van der Waals surface area contributed by atoms with Gasteiger partial charge in [-0.2, -0.15) is 10.4 Å². The van der Waals surface area contributed by atoms with Gasteiger partial charge in [-0.25, -0.2) is 0 Å². The number of carbonyl (C=O) groups excluding carboxylic acids is 1. The molecule has 1 aromatic carbocycles. The number of hydrogen-bond acceptors (Lipinski definition) is 6. The first kappa shape index (κ1) is 27.2. The SMILES string of the molecule is CC=NC.COc1cc(N2CCN(C(=O)Cn3nc(C/C=C/C#N)c(Cl)c3C)CC2)ccc1Cl. The van der Waals surface area contributed by atoms with Crippen LogP contribution < -0.4 is 9.64 Å². The maximum atomic E-state index is 12.8. The Hall–Kier alpha value is -3.02. The van der Waals surface area contributed by atoms with Crippen molar-refractivity contribution in [3.8, 4) is 11.8 Å². The number of allylic oxidation sites excluding steroid dienone is 2. The summed E-state index contributed by atoms with van der Waals surface area (Å²) < 4.78 is 6.93. The third-order valence-corrected chi connectivity index (χ3v) is 6.18. The average Bonchev–Trinajstić information content (AvgIpc) is 3.12. The van der Waals surface area contributed by atoms with E-state index in [2.05, 4.69) is 15.0 Å². The molecule has 0 atom stereocenters. The second-order valence-electron chi connectivity index (χ2n) is 7.44. The lowest BCUT2D eigenvalue weighted by Crippen LogP contribution is -2.49. The van der Waals surface area contributed by atoms with E-state index in [1.165, 1.54) is 6.08 Å². The number of amides is 1. The standard InChI is InChI=1S/C21H23Cl2N5O2.C3H7N/c1-15-21(23)18(5-3-4-8-24)25-28(15)14-20(29)27-11-9-26(10-12-27)16-6-7-17(22)19(13-16)30-2;1-3-4-2/h3-4,6-7,13H,5,9-12,14H2,1-2H3;3H,1-2H3/b4-3+;. The van der Waals surface area contributed by atoms with Gasteiger partial charge in [0.05, 0.1) is 34.6 Å². The molecule has 0 radical (unpaired) electrons. The van der Waals surface area contributed by atoms with E-state index in [4.69, 9.17) is 33.2 Å². The van der Waals surface area contributed by atoms with Gasteiger partial charge in [-0.05, 0) is 32.2 Å². The molecule has 182 valence electrons. The summed E-state index contributed by atoms with van der Waals surface area (Å²) in [5.41, 5.74) is 2.43. The summed E-state index contributed by atoms with van der Waals surface area (Å²) in [6.45, 7) is 6.55. The number of aromatic nitrogens is 2. The van der Waals surface area contributed by atoms with Gasteiger partial charge in [-0.3, -0.25) is 9.48 Å². The summed E-state index contributed by atoms with van der Waals surface area (Å²) >= 11 is 12.4. The first-order chi connectivity index (χ1) is 16.4. The molecule has 1 saturated heterocycles. The fourth-order valence-corrected chi connectivity index (χ4v) is 3.79. The second kappa shape index (κ2) is 13.6. The van der Waals surface area contributed by atoms with E-state index in [0.29, 0.717) is 41.0 Å². The number of carbonyl (C=O) groups is 1. The summed E-state index contributed by atoms with van der Waals surface area (Å²) in [6, 6.07) is 7.63. The van der Waals surface area contributed by atoms with E-state index >= 15 is 0 Å². The molecule has 10 heteroatoms. The molecular formula is C24H30Cl2N6O2. The molecule has 0 N–H and O–H groups in total. The molecule has 0 saturated carbocycles. The Labute approximate surface area is 211 Å². The molecule has 0 spiro atoms. The first-order valence-electron chi connectivity index (χ1n) is 10.9. The minimum atomic E-state index is 0.00437. The molecular weight excluding hydrogens is 475 g/mol. The second-order valence-corrected chi connectivity index (χ2v) is 8.23. The third-order valence-electron chi connectivity index (χ3n) is 5.38. The molecule has 2 aromatic rings. The number of halogens is 2. The van der Waals surface area contributed by atoms with Crippen LogP contribution in [0.4, 0.5) is 5.69 Å². The van der Waals surface area contributed by atoms with Crippen LogP contribution in [-0.2, 0) is 17.8 Å². The van der Waals surface area contributed by atoms with Gasteiger partial charge in [-0.15, -0.1) is 0 Å². The van der Waals surface area contributed by atoms with Crippen molar-refractivity contribution in [2.24, 2.45) is 4.99 Å². The molecule has 1 aliphatic heterocycles. The van der Waals surface area contributed by atoms with E-state index < -0.39 is 0 Å². The molecule has 3 rings (SSSR count). The lowest BCUT2D eigenvalue weighted by molar-refractivity contribution is -0.132. The summed E-state index contributed by atoms with van der Waals surface area (Å²) in [4.78, 5) is 20.5. The van der Waals surface area contributed by atoms with Gasteiger partial charge in [-0.1, -0.05) is 29.3 Å². The highest BCUT2D eigenvalue weighted by Gasteiger charge is 2.23. The average molecular weight is 505 g/mol. The van der Waals surface area contributed by atoms with Gasteiger partial charge in [0.25, 0.3) is 0 Å². The largest absolute Gasteiger partial charge is 0.495 e. The number of aliphatic imine (C=N–C) groups is 1. The monoisotopic (exact) mass is 504 g/mol. The van der Waals surface area contributed by atoms with Crippen LogP contribution in [0.25, 0.3) is 0 Å². The van der Waals surface area contributed by atoms with Crippen molar-refractivity contribution in [3.05, 3.63) is 51.8 Å². The van der Waals surface area contributed by atoms with E-state index in [-0.39, 0.29) is 12.5 Å². The van der Waals surface area contributed by atoms with Gasteiger partial charge in [0.1, 0.15) is 12.3 Å². The van der Waals surface area contributed by atoms with E-state index in [1.807, 2.05) is 43.0 Å². The number of hydrogen-bond donors (Lipinski definition) is 0. The molecule has 34 heavy (non-hydrogen) atoms. The smallest absolute Gasteiger partial charge is 0.244 e. The van der Waals surface area contributed by atoms with Crippen LogP contribution in [0.2, 0.25) is 10.0 Å². The predicted molar refractivity (Wildman–Crippen MR) is 137 cm³/mol. The molecule has 1 aromatic heterocycles. The van der Waals surface area contributed by atoms with Crippen molar-refractivity contribution in [2.45, 2.75) is 26.8 Å². The number of rotatable bonds is 6. The Balaban J connectivity index is 0.000000945.